The van der Waals surface area contributed by atoms with Gasteiger partial charge in [-0.3, -0.25) is 0 Å². The molecular formula is C25H30F2O. The van der Waals surface area contributed by atoms with Crippen molar-refractivity contribution in [1.29, 1.82) is 0 Å². The lowest BCUT2D eigenvalue weighted by Gasteiger charge is -2.28. The van der Waals surface area contributed by atoms with Gasteiger partial charge in [-0.15, -0.1) is 0 Å². The van der Waals surface area contributed by atoms with E-state index in [0.29, 0.717) is 18.1 Å². The van der Waals surface area contributed by atoms with E-state index in [1.54, 1.807) is 6.92 Å². The number of hydrogen-bond acceptors (Lipinski definition) is 1. The first-order chi connectivity index (χ1) is 13.5. The van der Waals surface area contributed by atoms with E-state index in [1.165, 1.54) is 56.2 Å². The Morgan fingerprint density at radius 1 is 0.964 bits per heavy atom. The number of ether oxygens (including phenoxy) is 1. The fraction of sp³-hybridized carbons (Fsp3) is 0.440. The molecule has 0 atom stereocenters. The zero-order valence-electron chi connectivity index (χ0n) is 16.9. The van der Waals surface area contributed by atoms with Gasteiger partial charge in [-0.25, -0.2) is 4.39 Å². The second-order valence-corrected chi connectivity index (χ2v) is 7.78. The summed E-state index contributed by atoms with van der Waals surface area (Å²) in [5, 5.41) is 0. The van der Waals surface area contributed by atoms with E-state index in [-0.39, 0.29) is 11.3 Å². The highest BCUT2D eigenvalue weighted by atomic mass is 19.2. The average molecular weight is 385 g/mol. The molecule has 3 rings (SSSR count). The van der Waals surface area contributed by atoms with Crippen LogP contribution in [0.1, 0.15) is 75.0 Å². The molecule has 2 aromatic carbocycles. The van der Waals surface area contributed by atoms with Crippen molar-refractivity contribution in [1.82, 2.24) is 0 Å². The maximum Gasteiger partial charge on any atom is 0.201 e. The standard InChI is InChI=1S/C25H30F2O/c1-4-6-18-7-9-20(10-8-18)21-13-11-19(12-14-21)17(3)22-15-16-23(28-5-2)25(27)24(22)26/h11-16,18,20H,3-10H2,1-2H3/t18-,20-. The van der Waals surface area contributed by atoms with Crippen LogP contribution in [-0.4, -0.2) is 6.61 Å². The minimum atomic E-state index is -0.957. The van der Waals surface area contributed by atoms with Gasteiger partial charge in [-0.1, -0.05) is 50.6 Å². The van der Waals surface area contributed by atoms with Gasteiger partial charge >= 0.3 is 0 Å². The molecule has 0 aliphatic heterocycles. The molecular weight excluding hydrogens is 354 g/mol. The van der Waals surface area contributed by atoms with Crippen molar-refractivity contribution in [2.75, 3.05) is 6.61 Å². The molecule has 1 saturated carbocycles. The third-order valence-electron chi connectivity index (χ3n) is 5.95. The van der Waals surface area contributed by atoms with E-state index < -0.39 is 11.6 Å². The molecule has 1 nitrogen and oxygen atoms in total. The van der Waals surface area contributed by atoms with Crippen molar-refractivity contribution in [2.24, 2.45) is 5.92 Å². The predicted octanol–water partition coefficient (Wildman–Crippen LogP) is 7.50. The molecule has 1 aliphatic rings. The molecule has 28 heavy (non-hydrogen) atoms. The topological polar surface area (TPSA) is 9.23 Å². The summed E-state index contributed by atoms with van der Waals surface area (Å²) >= 11 is 0. The summed E-state index contributed by atoms with van der Waals surface area (Å²) in [6.07, 6.45) is 7.71. The quantitative estimate of drug-likeness (QED) is 0.480. The molecule has 0 heterocycles. The fourth-order valence-corrected chi connectivity index (χ4v) is 4.34. The van der Waals surface area contributed by atoms with E-state index in [2.05, 4.69) is 25.6 Å². The lowest BCUT2D eigenvalue weighted by Crippen LogP contribution is -2.13. The van der Waals surface area contributed by atoms with E-state index in [0.717, 1.165) is 11.5 Å². The summed E-state index contributed by atoms with van der Waals surface area (Å²) in [7, 11) is 0. The summed E-state index contributed by atoms with van der Waals surface area (Å²) in [4.78, 5) is 0. The van der Waals surface area contributed by atoms with E-state index in [1.807, 2.05) is 12.1 Å². The molecule has 0 spiro atoms. The summed E-state index contributed by atoms with van der Waals surface area (Å²) in [5.41, 5.74) is 2.81. The Hall–Kier alpha value is -2.16. The van der Waals surface area contributed by atoms with Crippen LogP contribution in [0.3, 0.4) is 0 Å². The molecule has 0 bridgehead atoms. The molecule has 3 heteroatoms. The Bertz CT molecular complexity index is 802. The molecule has 0 unspecified atom stereocenters. The van der Waals surface area contributed by atoms with E-state index >= 15 is 0 Å². The third-order valence-corrected chi connectivity index (χ3v) is 5.95. The van der Waals surface area contributed by atoms with Crippen molar-refractivity contribution in [3.05, 3.63) is 71.3 Å². The number of halogens is 2. The highest BCUT2D eigenvalue weighted by molar-refractivity contribution is 5.78. The van der Waals surface area contributed by atoms with Gasteiger partial charge < -0.3 is 4.74 Å². The van der Waals surface area contributed by atoms with Gasteiger partial charge in [-0.05, 0) is 73.3 Å². The Balaban J connectivity index is 1.72. The Morgan fingerprint density at radius 3 is 2.25 bits per heavy atom. The maximum atomic E-state index is 14.5. The summed E-state index contributed by atoms with van der Waals surface area (Å²) in [6, 6.07) is 11.2. The molecule has 0 radical (unpaired) electrons. The number of hydrogen-bond donors (Lipinski definition) is 0. The van der Waals surface area contributed by atoms with Crippen LogP contribution in [0.2, 0.25) is 0 Å². The van der Waals surface area contributed by atoms with Gasteiger partial charge in [-0.2, -0.15) is 4.39 Å². The normalized spacial score (nSPS) is 19.4. The van der Waals surface area contributed by atoms with Gasteiger partial charge in [0.2, 0.25) is 5.82 Å². The third kappa shape index (κ3) is 4.45. The lowest BCUT2D eigenvalue weighted by molar-refractivity contribution is 0.308. The zero-order valence-corrected chi connectivity index (χ0v) is 16.9. The first-order valence-electron chi connectivity index (χ1n) is 10.5. The van der Waals surface area contributed by atoms with E-state index in [9.17, 15) is 8.78 Å². The van der Waals surface area contributed by atoms with Crippen LogP contribution < -0.4 is 4.74 Å². The molecule has 0 N–H and O–H groups in total. The van der Waals surface area contributed by atoms with Gasteiger partial charge in [0.1, 0.15) is 0 Å². The maximum absolute atomic E-state index is 14.5. The minimum Gasteiger partial charge on any atom is -0.491 e. The number of rotatable bonds is 7. The average Bonchev–Trinajstić information content (AvgIpc) is 2.72. The Kier molecular flexibility index (Phi) is 6.88. The van der Waals surface area contributed by atoms with Crippen molar-refractivity contribution >= 4 is 5.57 Å². The van der Waals surface area contributed by atoms with Crippen molar-refractivity contribution in [3.63, 3.8) is 0 Å². The van der Waals surface area contributed by atoms with Gasteiger partial charge in [0.05, 0.1) is 6.61 Å². The monoisotopic (exact) mass is 384 g/mol. The number of benzene rings is 2. The van der Waals surface area contributed by atoms with E-state index in [4.69, 9.17) is 4.74 Å². The van der Waals surface area contributed by atoms with Crippen LogP contribution in [0.5, 0.6) is 5.75 Å². The van der Waals surface area contributed by atoms with Gasteiger partial charge in [0.25, 0.3) is 0 Å². The first kappa shape index (κ1) is 20.6. The first-order valence-corrected chi connectivity index (χ1v) is 10.5. The fourth-order valence-electron chi connectivity index (χ4n) is 4.34. The highest BCUT2D eigenvalue weighted by Crippen LogP contribution is 2.38. The molecule has 1 aliphatic carbocycles. The van der Waals surface area contributed by atoms with Crippen LogP contribution in [0.4, 0.5) is 8.78 Å². The minimum absolute atomic E-state index is 0.0643. The molecule has 1 fully saturated rings. The van der Waals surface area contributed by atoms with Gasteiger partial charge in [0.15, 0.2) is 11.6 Å². The van der Waals surface area contributed by atoms with Crippen LogP contribution >= 0.6 is 0 Å². The van der Waals surface area contributed by atoms with Crippen molar-refractivity contribution < 1.29 is 13.5 Å². The molecule has 0 saturated heterocycles. The smallest absolute Gasteiger partial charge is 0.201 e. The Morgan fingerprint density at radius 2 is 1.64 bits per heavy atom. The lowest BCUT2D eigenvalue weighted by atomic mass is 9.77. The second kappa shape index (κ2) is 9.36. The Labute approximate surface area is 167 Å². The molecule has 0 amide bonds. The SMILES string of the molecule is C=C(c1ccc([C@H]2CC[C@H](CCC)CC2)cc1)c1ccc(OCC)c(F)c1F. The largest absolute Gasteiger partial charge is 0.491 e. The summed E-state index contributed by atoms with van der Waals surface area (Å²) in [6.45, 7) is 8.29. The van der Waals surface area contributed by atoms with Crippen LogP contribution in [0.15, 0.2) is 43.0 Å². The van der Waals surface area contributed by atoms with Gasteiger partial charge in [0, 0.05) is 5.56 Å². The summed E-state index contributed by atoms with van der Waals surface area (Å²) in [5.74, 6) is -0.436. The molecule has 2 aromatic rings. The zero-order chi connectivity index (χ0) is 20.1. The second-order valence-electron chi connectivity index (χ2n) is 7.78. The van der Waals surface area contributed by atoms with Crippen molar-refractivity contribution in [3.8, 4) is 5.75 Å². The summed E-state index contributed by atoms with van der Waals surface area (Å²) < 4.78 is 33.8. The van der Waals surface area contributed by atoms with Crippen LogP contribution in [0.25, 0.3) is 5.57 Å². The molecule has 0 aromatic heterocycles. The van der Waals surface area contributed by atoms with Crippen molar-refractivity contribution in [2.45, 2.75) is 58.3 Å². The van der Waals surface area contributed by atoms with Crippen LogP contribution in [-0.2, 0) is 0 Å². The molecule has 150 valence electrons. The highest BCUT2D eigenvalue weighted by Gasteiger charge is 2.22. The predicted molar refractivity (Wildman–Crippen MR) is 112 cm³/mol. The van der Waals surface area contributed by atoms with Crippen LogP contribution in [0, 0.1) is 17.6 Å².